The minimum Gasteiger partial charge on any atom is -0.508 e. The Bertz CT molecular complexity index is 611. The summed E-state index contributed by atoms with van der Waals surface area (Å²) in [5.74, 6) is -0.277. The van der Waals surface area contributed by atoms with Gasteiger partial charge in [-0.05, 0) is 42.2 Å². The van der Waals surface area contributed by atoms with Crippen LogP contribution in [0.3, 0.4) is 0 Å². The van der Waals surface area contributed by atoms with Crippen LogP contribution >= 0.6 is 0 Å². The number of ether oxygens (including phenoxy) is 1. The molecule has 1 atom stereocenters. The van der Waals surface area contributed by atoms with Crippen LogP contribution in [0.1, 0.15) is 12.5 Å². The summed E-state index contributed by atoms with van der Waals surface area (Å²) in [7, 11) is 0. The number of carbonyl (C=O) groups excluding carboxylic acids is 1. The molecule has 0 aliphatic rings. The molecule has 0 aliphatic heterocycles. The zero-order chi connectivity index (χ0) is 15.2. The lowest BCUT2D eigenvalue weighted by molar-refractivity contribution is -0.144. The van der Waals surface area contributed by atoms with Crippen LogP contribution < -0.4 is 5.73 Å². The Morgan fingerprint density at radius 1 is 1.24 bits per heavy atom. The second-order valence-corrected chi connectivity index (χ2v) is 4.77. The lowest BCUT2D eigenvalue weighted by Crippen LogP contribution is -2.34. The molecule has 0 aliphatic carbocycles. The van der Waals surface area contributed by atoms with E-state index < -0.39 is 12.0 Å². The summed E-state index contributed by atoms with van der Waals surface area (Å²) in [4.78, 5) is 11.7. The largest absolute Gasteiger partial charge is 0.508 e. The Hall–Kier alpha value is -2.33. The lowest BCUT2D eigenvalue weighted by atomic mass is 9.95. The minimum absolute atomic E-state index is 0.153. The van der Waals surface area contributed by atoms with Crippen molar-refractivity contribution in [3.05, 3.63) is 54.1 Å². The smallest absolute Gasteiger partial charge is 0.323 e. The molecule has 2 aromatic rings. The Kier molecular flexibility index (Phi) is 4.95. The summed E-state index contributed by atoms with van der Waals surface area (Å²) in [6.07, 6.45) is 0.317. The number of hydrogen-bond donors (Lipinski definition) is 2. The van der Waals surface area contributed by atoms with Crippen molar-refractivity contribution >= 4 is 5.97 Å². The highest BCUT2D eigenvalue weighted by atomic mass is 16.5. The van der Waals surface area contributed by atoms with E-state index in [9.17, 15) is 9.90 Å². The van der Waals surface area contributed by atoms with Gasteiger partial charge in [0.25, 0.3) is 0 Å². The van der Waals surface area contributed by atoms with Crippen LogP contribution in [0, 0.1) is 0 Å². The molecule has 0 radical (unpaired) electrons. The Morgan fingerprint density at radius 3 is 2.62 bits per heavy atom. The number of aromatic hydroxyl groups is 1. The molecule has 4 nitrogen and oxygen atoms in total. The number of phenolic OH excluding ortho intramolecular Hbond substituents is 1. The van der Waals surface area contributed by atoms with Gasteiger partial charge < -0.3 is 15.6 Å². The highest BCUT2D eigenvalue weighted by Crippen LogP contribution is 2.27. The van der Waals surface area contributed by atoms with Gasteiger partial charge in [0.1, 0.15) is 11.8 Å². The van der Waals surface area contributed by atoms with Gasteiger partial charge in [-0.1, -0.05) is 36.4 Å². The van der Waals surface area contributed by atoms with Crippen LogP contribution in [-0.2, 0) is 16.0 Å². The fourth-order valence-corrected chi connectivity index (χ4v) is 2.22. The minimum atomic E-state index is -0.741. The van der Waals surface area contributed by atoms with Gasteiger partial charge >= 0.3 is 5.97 Å². The standard InChI is InChI=1S/C17H19NO3/c1-2-21-17(20)16(18)11-13-10-14(19)8-9-15(13)12-6-4-3-5-7-12/h3-10,16,19H,2,11,18H2,1H3. The van der Waals surface area contributed by atoms with Gasteiger partial charge in [-0.15, -0.1) is 0 Å². The topological polar surface area (TPSA) is 72.5 Å². The van der Waals surface area contributed by atoms with E-state index in [1.165, 1.54) is 0 Å². The van der Waals surface area contributed by atoms with Crippen LogP contribution in [0.4, 0.5) is 0 Å². The van der Waals surface area contributed by atoms with Crippen molar-refractivity contribution < 1.29 is 14.6 Å². The van der Waals surface area contributed by atoms with E-state index in [-0.39, 0.29) is 5.75 Å². The van der Waals surface area contributed by atoms with E-state index in [2.05, 4.69) is 0 Å². The third-order valence-electron chi connectivity index (χ3n) is 3.20. The molecule has 2 rings (SSSR count). The number of benzene rings is 2. The monoisotopic (exact) mass is 285 g/mol. The maximum Gasteiger partial charge on any atom is 0.323 e. The molecule has 0 amide bonds. The normalized spacial score (nSPS) is 11.9. The van der Waals surface area contributed by atoms with Crippen molar-refractivity contribution in [2.24, 2.45) is 5.73 Å². The highest BCUT2D eigenvalue weighted by molar-refractivity contribution is 5.77. The lowest BCUT2D eigenvalue weighted by Gasteiger charge is -2.14. The molecule has 0 bridgehead atoms. The van der Waals surface area contributed by atoms with Gasteiger partial charge in [-0.2, -0.15) is 0 Å². The predicted molar refractivity (Wildman–Crippen MR) is 81.9 cm³/mol. The zero-order valence-electron chi connectivity index (χ0n) is 12.0. The van der Waals surface area contributed by atoms with E-state index >= 15 is 0 Å². The zero-order valence-corrected chi connectivity index (χ0v) is 12.0. The summed E-state index contributed by atoms with van der Waals surface area (Å²) in [6.45, 7) is 2.05. The van der Waals surface area contributed by atoms with Crippen molar-refractivity contribution in [3.63, 3.8) is 0 Å². The molecule has 1 unspecified atom stereocenters. The first-order chi connectivity index (χ1) is 10.1. The number of esters is 1. The first kappa shape index (κ1) is 15.1. The van der Waals surface area contributed by atoms with Crippen molar-refractivity contribution in [3.8, 4) is 16.9 Å². The van der Waals surface area contributed by atoms with Crippen molar-refractivity contribution in [1.29, 1.82) is 0 Å². The average molecular weight is 285 g/mol. The highest BCUT2D eigenvalue weighted by Gasteiger charge is 2.17. The summed E-state index contributed by atoms with van der Waals surface area (Å²) < 4.78 is 4.93. The molecule has 0 heterocycles. The second-order valence-electron chi connectivity index (χ2n) is 4.77. The Morgan fingerprint density at radius 2 is 1.95 bits per heavy atom. The van der Waals surface area contributed by atoms with Crippen LogP contribution in [0.5, 0.6) is 5.75 Å². The molecule has 0 saturated heterocycles. The van der Waals surface area contributed by atoms with Crippen LogP contribution in [-0.4, -0.2) is 23.7 Å². The first-order valence-corrected chi connectivity index (χ1v) is 6.91. The molecule has 0 aromatic heterocycles. The Labute approximate surface area is 124 Å². The van der Waals surface area contributed by atoms with Gasteiger partial charge in [0.15, 0.2) is 0 Å². The summed E-state index contributed by atoms with van der Waals surface area (Å²) >= 11 is 0. The number of hydrogen-bond acceptors (Lipinski definition) is 4. The molecule has 0 fully saturated rings. The van der Waals surface area contributed by atoms with E-state index in [1.54, 1.807) is 19.1 Å². The average Bonchev–Trinajstić information content (AvgIpc) is 2.48. The van der Waals surface area contributed by atoms with Gasteiger partial charge in [0, 0.05) is 0 Å². The maximum atomic E-state index is 11.7. The third kappa shape index (κ3) is 3.83. The molecular formula is C17H19NO3. The molecule has 0 saturated carbocycles. The van der Waals surface area contributed by atoms with Gasteiger partial charge in [-0.25, -0.2) is 0 Å². The van der Waals surface area contributed by atoms with Gasteiger partial charge in [0.05, 0.1) is 6.61 Å². The molecule has 2 aromatic carbocycles. The maximum absolute atomic E-state index is 11.7. The molecule has 0 spiro atoms. The van der Waals surface area contributed by atoms with E-state index in [4.69, 9.17) is 10.5 Å². The van der Waals surface area contributed by atoms with Crippen LogP contribution in [0.25, 0.3) is 11.1 Å². The first-order valence-electron chi connectivity index (χ1n) is 6.91. The van der Waals surface area contributed by atoms with Crippen LogP contribution in [0.15, 0.2) is 48.5 Å². The number of rotatable bonds is 5. The van der Waals surface area contributed by atoms with E-state index in [0.717, 1.165) is 16.7 Å². The van der Waals surface area contributed by atoms with Crippen molar-refractivity contribution in [2.45, 2.75) is 19.4 Å². The molecule has 4 heteroatoms. The van der Waals surface area contributed by atoms with Crippen molar-refractivity contribution in [1.82, 2.24) is 0 Å². The van der Waals surface area contributed by atoms with E-state index in [1.807, 2.05) is 36.4 Å². The van der Waals surface area contributed by atoms with Crippen molar-refractivity contribution in [2.75, 3.05) is 6.61 Å². The predicted octanol–water partition coefficient (Wildman–Crippen LogP) is 2.49. The number of nitrogens with two attached hydrogens (primary N) is 1. The van der Waals surface area contributed by atoms with E-state index in [0.29, 0.717) is 13.0 Å². The fourth-order valence-electron chi connectivity index (χ4n) is 2.22. The SMILES string of the molecule is CCOC(=O)C(N)Cc1cc(O)ccc1-c1ccccc1. The summed E-state index contributed by atoms with van der Waals surface area (Å²) in [5.41, 5.74) is 8.67. The molecular weight excluding hydrogens is 266 g/mol. The van der Waals surface area contributed by atoms with Crippen LogP contribution in [0.2, 0.25) is 0 Å². The molecule has 110 valence electrons. The fraction of sp³-hybridized carbons (Fsp3) is 0.235. The quantitative estimate of drug-likeness (QED) is 0.828. The summed E-state index contributed by atoms with van der Waals surface area (Å²) in [6, 6.07) is 14.1. The second kappa shape index (κ2) is 6.90. The molecule has 21 heavy (non-hydrogen) atoms. The number of phenols is 1. The summed E-state index contributed by atoms with van der Waals surface area (Å²) in [5, 5.41) is 9.68. The number of carbonyl (C=O) groups is 1. The van der Waals surface area contributed by atoms with Gasteiger partial charge in [-0.3, -0.25) is 4.79 Å². The Balaban J connectivity index is 2.30. The third-order valence-corrected chi connectivity index (χ3v) is 3.20. The molecule has 3 N–H and O–H groups in total. The van der Waals surface area contributed by atoms with Gasteiger partial charge in [0.2, 0.25) is 0 Å².